The van der Waals surface area contributed by atoms with Crippen molar-refractivity contribution in [3.63, 3.8) is 0 Å². The molecule has 7 heteroatoms. The summed E-state index contributed by atoms with van der Waals surface area (Å²) in [6.07, 6.45) is 8.58. The second-order valence-electron chi connectivity index (χ2n) is 5.82. The first-order valence-electron chi connectivity index (χ1n) is 7.89. The fourth-order valence-electron chi connectivity index (χ4n) is 3.37. The number of fused-ring (bicyclic) bond motifs is 1. The van der Waals surface area contributed by atoms with Crippen LogP contribution in [-0.2, 0) is 6.42 Å². The molecule has 3 rings (SSSR count). The molecule has 0 spiro atoms. The number of ether oxygens (including phenoxy) is 1. The smallest absolute Gasteiger partial charge is 0.524 e. The molecule has 1 aliphatic rings. The molecule has 0 saturated carbocycles. The second-order valence-corrected chi connectivity index (χ2v) is 5.82. The van der Waals surface area contributed by atoms with Crippen LogP contribution in [-0.4, -0.2) is 23.6 Å². The largest absolute Gasteiger partial charge is 1.00 e. The number of hydrogen-bond acceptors (Lipinski definition) is 4. The maximum atomic E-state index is 10.1. The molecule has 1 aromatic carbocycles. The first-order chi connectivity index (χ1) is 11.6. The van der Waals surface area contributed by atoms with Gasteiger partial charge in [-0.05, 0) is 36.1 Å². The van der Waals surface area contributed by atoms with Gasteiger partial charge in [-0.25, -0.2) is 6.20 Å². The molecule has 138 valence electrons. The second kappa shape index (κ2) is 15.0. The predicted octanol–water partition coefficient (Wildman–Crippen LogP) is -3.44. The summed E-state index contributed by atoms with van der Waals surface area (Å²) in [5.41, 5.74) is 8.38. The number of methoxy groups -OCH3 is 1. The van der Waals surface area contributed by atoms with E-state index in [9.17, 15) is 4.79 Å². The Balaban J connectivity index is 0. The average Bonchev–Trinajstić information content (AvgIpc) is 2.96. The van der Waals surface area contributed by atoms with Crippen molar-refractivity contribution in [2.75, 3.05) is 13.7 Å². The van der Waals surface area contributed by atoms with Gasteiger partial charge in [-0.2, -0.15) is 19.0 Å². The van der Waals surface area contributed by atoms with E-state index in [0.29, 0.717) is 12.5 Å². The minimum Gasteiger partial charge on any atom is -0.524 e. The van der Waals surface area contributed by atoms with E-state index in [1.165, 1.54) is 17.3 Å². The molecule has 27 heavy (non-hydrogen) atoms. The number of aromatic nitrogens is 2. The fourth-order valence-corrected chi connectivity index (χ4v) is 3.37. The molecule has 1 atom stereocenters. The SMILES string of the molecule is O=c1[c-]nc[c-][nH]1.[CH2-]CC1(C[CH2-])Cc2c(OC)cccc2C1CN.[CH3-].[K+].[K+]. The van der Waals surface area contributed by atoms with Crippen molar-refractivity contribution in [1.29, 1.82) is 0 Å². The summed E-state index contributed by atoms with van der Waals surface area (Å²) >= 11 is 0. The number of rotatable bonds is 4. The van der Waals surface area contributed by atoms with E-state index < -0.39 is 0 Å². The molecular weight excluding hydrogens is 392 g/mol. The average molecular weight is 419 g/mol. The van der Waals surface area contributed by atoms with Crippen LogP contribution in [0.5, 0.6) is 5.75 Å². The van der Waals surface area contributed by atoms with Crippen molar-refractivity contribution in [2.45, 2.75) is 25.2 Å². The Hall–Kier alpha value is 1.13. The van der Waals surface area contributed by atoms with Gasteiger partial charge in [-0.3, -0.25) is 6.20 Å². The fraction of sp³-hybridized carbons (Fsp3) is 0.350. The van der Waals surface area contributed by atoms with E-state index in [1.807, 2.05) is 12.1 Å². The van der Waals surface area contributed by atoms with E-state index in [0.717, 1.165) is 25.0 Å². The molecule has 0 radical (unpaired) electrons. The molecule has 1 unspecified atom stereocenters. The van der Waals surface area contributed by atoms with Crippen molar-refractivity contribution in [1.82, 2.24) is 9.97 Å². The summed E-state index contributed by atoms with van der Waals surface area (Å²) in [6.45, 7) is 8.88. The monoisotopic (exact) mass is 418 g/mol. The normalized spacial score (nSPS) is 15.6. The Morgan fingerprint density at radius 3 is 2.44 bits per heavy atom. The molecule has 0 bridgehead atoms. The Morgan fingerprint density at radius 1 is 1.37 bits per heavy atom. The van der Waals surface area contributed by atoms with Gasteiger partial charge in [-0.15, -0.1) is 0 Å². The van der Waals surface area contributed by atoms with Crippen molar-refractivity contribution in [2.24, 2.45) is 11.1 Å². The van der Waals surface area contributed by atoms with E-state index in [-0.39, 0.29) is 121 Å². The van der Waals surface area contributed by atoms with Crippen LogP contribution >= 0.6 is 0 Å². The minimum absolute atomic E-state index is 0. The Kier molecular flexibility index (Phi) is 16.9. The van der Waals surface area contributed by atoms with Crippen LogP contribution in [0, 0.1) is 39.1 Å². The molecule has 3 N–H and O–H groups in total. The number of benzene rings is 1. The van der Waals surface area contributed by atoms with Gasteiger partial charge < -0.3 is 46.5 Å². The van der Waals surface area contributed by atoms with Crippen molar-refractivity contribution < 1.29 is 108 Å². The molecule has 1 aliphatic carbocycles. The zero-order valence-corrected chi connectivity index (χ0v) is 23.2. The first-order valence-corrected chi connectivity index (χ1v) is 7.89. The van der Waals surface area contributed by atoms with Gasteiger partial charge in [0.05, 0.1) is 7.11 Å². The minimum atomic E-state index is -0.345. The standard InChI is InChI=1S/C15H21NO.C4H2N2O.CH3.2K/c1-4-15(5-2)9-12-11(13(15)10-16)7-6-8-14(12)17-3;7-4-3-5-1-2-6-4;;;/h6-8,13H,1-2,4-5,9-10,16H2,3H3;1H,(H,6,7);1H3;;/q2*-2;-1;2*+1. The van der Waals surface area contributed by atoms with Crippen molar-refractivity contribution in [3.05, 3.63) is 79.5 Å². The molecule has 2 aromatic rings. The number of H-pyrrole nitrogens is 1. The number of nitrogens with two attached hydrogens (primary N) is 1. The predicted molar refractivity (Wildman–Crippen MR) is 99.8 cm³/mol. The summed E-state index contributed by atoms with van der Waals surface area (Å²) in [4.78, 5) is 15.7. The molecule has 0 saturated heterocycles. The van der Waals surface area contributed by atoms with E-state index >= 15 is 0 Å². The first kappa shape index (κ1) is 30.3. The Bertz CT molecular complexity index is 701. The van der Waals surface area contributed by atoms with E-state index in [1.54, 1.807) is 7.11 Å². The molecule has 0 fully saturated rings. The van der Waals surface area contributed by atoms with Gasteiger partial charge in [0.15, 0.2) is 0 Å². The molecule has 5 nitrogen and oxygen atoms in total. The van der Waals surface area contributed by atoms with E-state index in [4.69, 9.17) is 10.5 Å². The summed E-state index contributed by atoms with van der Waals surface area (Å²) in [5, 5.41) is 0. The van der Waals surface area contributed by atoms with Crippen LogP contribution in [0.15, 0.2) is 29.2 Å². The quantitative estimate of drug-likeness (QED) is 0.400. The third-order valence-electron chi connectivity index (χ3n) is 4.75. The van der Waals surface area contributed by atoms with Crippen LogP contribution in [0.3, 0.4) is 0 Å². The summed E-state index contributed by atoms with van der Waals surface area (Å²) < 4.78 is 5.45. The van der Waals surface area contributed by atoms with Crippen LogP contribution in [0.25, 0.3) is 0 Å². The van der Waals surface area contributed by atoms with Crippen molar-refractivity contribution in [3.8, 4) is 5.75 Å². The van der Waals surface area contributed by atoms with Crippen LogP contribution < -0.4 is 119 Å². The summed E-state index contributed by atoms with van der Waals surface area (Å²) in [5.74, 6) is 1.34. The van der Waals surface area contributed by atoms with Gasteiger partial charge in [-0.1, -0.05) is 17.5 Å². The number of hydrogen-bond donors (Lipinski definition) is 2. The summed E-state index contributed by atoms with van der Waals surface area (Å²) in [7, 11) is 1.72. The van der Waals surface area contributed by atoms with E-state index in [2.05, 4.69) is 42.3 Å². The third-order valence-corrected chi connectivity index (χ3v) is 4.75. The van der Waals surface area contributed by atoms with Gasteiger partial charge in [0.25, 0.3) is 0 Å². The van der Waals surface area contributed by atoms with Crippen LogP contribution in [0.1, 0.15) is 29.9 Å². The van der Waals surface area contributed by atoms with Crippen molar-refractivity contribution >= 4 is 0 Å². The molecular formula is C20H26K2N3O2-3. The topological polar surface area (TPSA) is 81.0 Å². The maximum Gasteiger partial charge on any atom is 1.00 e. The zero-order valence-electron chi connectivity index (χ0n) is 17.0. The molecule has 0 amide bonds. The molecule has 1 aromatic heterocycles. The molecule has 1 heterocycles. The third kappa shape index (κ3) is 7.40. The van der Waals surface area contributed by atoms with Gasteiger partial charge in [0.2, 0.25) is 0 Å². The Labute approximate surface area is 248 Å². The number of nitrogens with one attached hydrogen (secondary N) is 1. The molecule has 0 aliphatic heterocycles. The number of nitrogens with zero attached hydrogens (tertiary/aromatic N) is 1. The maximum absolute atomic E-state index is 10.1. The zero-order chi connectivity index (χ0) is 17.6. The van der Waals surface area contributed by atoms with Gasteiger partial charge >= 0.3 is 103 Å². The van der Waals surface area contributed by atoms with Crippen LogP contribution in [0.4, 0.5) is 0 Å². The van der Waals surface area contributed by atoms with Gasteiger partial charge in [0.1, 0.15) is 5.75 Å². The van der Waals surface area contributed by atoms with Crippen LogP contribution in [0.2, 0.25) is 0 Å². The summed E-state index contributed by atoms with van der Waals surface area (Å²) in [6, 6.07) is 6.24. The number of aromatic amines is 1. The Morgan fingerprint density at radius 2 is 2.04 bits per heavy atom. The van der Waals surface area contributed by atoms with Gasteiger partial charge in [0, 0.05) is 5.56 Å².